The van der Waals surface area contributed by atoms with Crippen LogP contribution in [-0.4, -0.2) is 36.6 Å². The van der Waals surface area contributed by atoms with Crippen molar-refractivity contribution in [2.24, 2.45) is 5.10 Å². The lowest BCUT2D eigenvalue weighted by Crippen LogP contribution is -2.41. The van der Waals surface area contributed by atoms with Crippen molar-refractivity contribution < 1.29 is 19.1 Å². The third-order valence-electron chi connectivity index (χ3n) is 4.48. The van der Waals surface area contributed by atoms with Crippen LogP contribution in [0, 0.1) is 13.8 Å². The van der Waals surface area contributed by atoms with Crippen LogP contribution >= 0.6 is 0 Å². The van der Waals surface area contributed by atoms with Gasteiger partial charge < -0.3 is 15.4 Å². The fourth-order valence-corrected chi connectivity index (χ4v) is 2.55. The van der Waals surface area contributed by atoms with Crippen LogP contribution < -0.4 is 20.8 Å². The summed E-state index contributed by atoms with van der Waals surface area (Å²) >= 11 is 0. The van der Waals surface area contributed by atoms with Crippen LogP contribution in [0.5, 0.6) is 5.75 Å². The van der Waals surface area contributed by atoms with E-state index in [1.165, 1.54) is 6.21 Å². The monoisotopic (exact) mass is 424 g/mol. The molecule has 0 aliphatic heterocycles. The Morgan fingerprint density at radius 2 is 1.77 bits per heavy atom. The Morgan fingerprint density at radius 3 is 2.42 bits per heavy atom. The minimum Gasteiger partial charge on any atom is -0.484 e. The number of nitrogens with zero attached hydrogens (tertiary/aromatic N) is 1. The molecular weight excluding hydrogens is 396 g/mol. The van der Waals surface area contributed by atoms with E-state index in [9.17, 15) is 14.4 Å². The molecule has 0 aliphatic carbocycles. The summed E-state index contributed by atoms with van der Waals surface area (Å²) < 4.78 is 5.50. The molecule has 3 amide bonds. The number of carbonyl (C=O) groups excluding carboxylic acids is 3. The number of aryl methyl sites for hydroxylation is 2. The quantitative estimate of drug-likeness (QED) is 0.344. The lowest BCUT2D eigenvalue weighted by molar-refractivity contribution is -0.139. The van der Waals surface area contributed by atoms with Crippen LogP contribution in [-0.2, 0) is 14.4 Å². The van der Waals surface area contributed by atoms with Gasteiger partial charge in [-0.3, -0.25) is 14.4 Å². The number of amides is 3. The van der Waals surface area contributed by atoms with E-state index in [1.807, 2.05) is 45.9 Å². The number of rotatable bonds is 8. The summed E-state index contributed by atoms with van der Waals surface area (Å²) in [5, 5.41) is 9.15. The number of anilines is 1. The summed E-state index contributed by atoms with van der Waals surface area (Å²) in [7, 11) is 0. The van der Waals surface area contributed by atoms with Gasteiger partial charge in [0.15, 0.2) is 6.61 Å². The number of ether oxygens (including phenoxy) is 1. The molecule has 1 atom stereocenters. The van der Waals surface area contributed by atoms with Gasteiger partial charge in [-0.1, -0.05) is 24.6 Å². The van der Waals surface area contributed by atoms with Crippen molar-refractivity contribution in [1.29, 1.82) is 0 Å². The highest BCUT2D eigenvalue weighted by Gasteiger charge is 2.14. The van der Waals surface area contributed by atoms with Gasteiger partial charge in [-0.15, -0.1) is 0 Å². The number of hydrogen-bond donors (Lipinski definition) is 3. The van der Waals surface area contributed by atoms with Gasteiger partial charge in [-0.05, 0) is 68.7 Å². The average Bonchev–Trinajstić information content (AvgIpc) is 2.74. The maximum Gasteiger partial charge on any atom is 0.329 e. The Balaban J connectivity index is 1.79. The maximum absolute atomic E-state index is 12.1. The van der Waals surface area contributed by atoms with E-state index in [4.69, 9.17) is 4.74 Å². The van der Waals surface area contributed by atoms with Crippen molar-refractivity contribution in [3.05, 3.63) is 59.2 Å². The smallest absolute Gasteiger partial charge is 0.329 e. The number of benzene rings is 2. The van der Waals surface area contributed by atoms with Crippen molar-refractivity contribution in [1.82, 2.24) is 10.7 Å². The summed E-state index contributed by atoms with van der Waals surface area (Å²) in [5.74, 6) is -1.29. The van der Waals surface area contributed by atoms with E-state index in [2.05, 4.69) is 21.2 Å². The van der Waals surface area contributed by atoms with E-state index in [1.54, 1.807) is 24.3 Å². The number of hydrazone groups is 1. The first-order valence-corrected chi connectivity index (χ1v) is 10.0. The number of carbonyl (C=O) groups is 3. The molecule has 164 valence electrons. The highest BCUT2D eigenvalue weighted by Crippen LogP contribution is 2.16. The Hall–Kier alpha value is -3.68. The summed E-state index contributed by atoms with van der Waals surface area (Å²) in [5.41, 5.74) is 5.74. The number of nitrogens with one attached hydrogen (secondary N) is 3. The second-order valence-corrected chi connectivity index (χ2v) is 7.21. The molecule has 3 N–H and O–H groups in total. The van der Waals surface area contributed by atoms with Gasteiger partial charge in [-0.2, -0.15) is 5.10 Å². The zero-order valence-corrected chi connectivity index (χ0v) is 18.2. The summed E-state index contributed by atoms with van der Waals surface area (Å²) in [6, 6.07) is 12.5. The van der Waals surface area contributed by atoms with E-state index in [0.29, 0.717) is 11.3 Å². The fraction of sp³-hybridized carbons (Fsp3) is 0.304. The van der Waals surface area contributed by atoms with Gasteiger partial charge in [0.1, 0.15) is 5.75 Å². The number of hydrogen-bond acceptors (Lipinski definition) is 5. The van der Waals surface area contributed by atoms with Gasteiger partial charge in [0.25, 0.3) is 5.91 Å². The van der Waals surface area contributed by atoms with Gasteiger partial charge in [0.05, 0.1) is 6.21 Å². The molecule has 8 heteroatoms. The van der Waals surface area contributed by atoms with Crippen molar-refractivity contribution >= 4 is 29.6 Å². The molecule has 31 heavy (non-hydrogen) atoms. The van der Waals surface area contributed by atoms with Crippen molar-refractivity contribution in [3.8, 4) is 5.75 Å². The zero-order valence-electron chi connectivity index (χ0n) is 18.2. The standard InChI is InChI=1S/C23H28N4O4/c1-5-17(4)25-22(29)23(30)27-24-13-18-7-9-19(10-8-18)31-14-21(28)26-20-11-6-15(2)12-16(20)3/h6-13,17H,5,14H2,1-4H3,(H,25,29)(H,26,28)(H,27,30)/b24-13-/t17-/m0/s1. The molecule has 2 rings (SSSR count). The van der Waals surface area contributed by atoms with Crippen LogP contribution in [0.15, 0.2) is 47.6 Å². The average molecular weight is 425 g/mol. The van der Waals surface area contributed by atoms with Crippen molar-refractivity contribution in [3.63, 3.8) is 0 Å². The molecular formula is C23H28N4O4. The second kappa shape index (κ2) is 11.5. The summed E-state index contributed by atoms with van der Waals surface area (Å²) in [4.78, 5) is 35.4. The molecule has 0 heterocycles. The largest absolute Gasteiger partial charge is 0.484 e. The Kier molecular flexibility index (Phi) is 8.75. The first-order chi connectivity index (χ1) is 14.8. The first-order valence-electron chi connectivity index (χ1n) is 10.0. The Bertz CT molecular complexity index is 955. The highest BCUT2D eigenvalue weighted by atomic mass is 16.5. The molecule has 0 unspecified atom stereocenters. The molecule has 0 saturated heterocycles. The molecule has 0 saturated carbocycles. The topological polar surface area (TPSA) is 109 Å². The molecule has 0 aliphatic rings. The third kappa shape index (κ3) is 7.93. The Morgan fingerprint density at radius 1 is 1.06 bits per heavy atom. The van der Waals surface area contributed by atoms with Crippen LogP contribution in [0.25, 0.3) is 0 Å². The Labute approximate surface area is 182 Å². The molecule has 0 fully saturated rings. The van der Waals surface area contributed by atoms with Crippen molar-refractivity contribution in [2.45, 2.75) is 40.2 Å². The van der Waals surface area contributed by atoms with E-state index >= 15 is 0 Å². The van der Waals surface area contributed by atoms with Crippen LogP contribution in [0.1, 0.15) is 37.0 Å². The molecule has 0 radical (unpaired) electrons. The lowest BCUT2D eigenvalue weighted by Gasteiger charge is -2.10. The van der Waals surface area contributed by atoms with E-state index in [0.717, 1.165) is 23.2 Å². The van der Waals surface area contributed by atoms with Crippen LogP contribution in [0.2, 0.25) is 0 Å². The summed E-state index contributed by atoms with van der Waals surface area (Å²) in [6.45, 7) is 7.53. The maximum atomic E-state index is 12.1. The highest BCUT2D eigenvalue weighted by molar-refractivity contribution is 6.35. The molecule has 2 aromatic rings. The lowest BCUT2D eigenvalue weighted by atomic mass is 10.1. The van der Waals surface area contributed by atoms with Gasteiger partial charge in [0, 0.05) is 11.7 Å². The molecule has 8 nitrogen and oxygen atoms in total. The zero-order chi connectivity index (χ0) is 22.8. The predicted molar refractivity (Wildman–Crippen MR) is 120 cm³/mol. The van der Waals surface area contributed by atoms with Crippen LogP contribution in [0.4, 0.5) is 5.69 Å². The van der Waals surface area contributed by atoms with E-state index in [-0.39, 0.29) is 18.6 Å². The van der Waals surface area contributed by atoms with E-state index < -0.39 is 11.8 Å². The molecule has 2 aromatic carbocycles. The normalized spacial score (nSPS) is 11.6. The first kappa shape index (κ1) is 23.6. The molecule has 0 spiro atoms. The fourth-order valence-electron chi connectivity index (χ4n) is 2.55. The van der Waals surface area contributed by atoms with Gasteiger partial charge in [0.2, 0.25) is 0 Å². The third-order valence-corrected chi connectivity index (χ3v) is 4.48. The summed E-state index contributed by atoms with van der Waals surface area (Å²) in [6.07, 6.45) is 2.13. The second-order valence-electron chi connectivity index (χ2n) is 7.21. The van der Waals surface area contributed by atoms with Crippen molar-refractivity contribution in [2.75, 3.05) is 11.9 Å². The molecule has 0 bridgehead atoms. The SMILES string of the molecule is CC[C@H](C)NC(=O)C(=O)N/N=C\c1ccc(OCC(=O)Nc2ccc(C)cc2C)cc1. The predicted octanol–water partition coefficient (Wildman–Crippen LogP) is 2.69. The van der Waals surface area contributed by atoms with Gasteiger partial charge in [-0.25, -0.2) is 5.43 Å². The van der Waals surface area contributed by atoms with Gasteiger partial charge >= 0.3 is 11.8 Å². The minimum absolute atomic E-state index is 0.0854. The van der Waals surface area contributed by atoms with Crippen LogP contribution in [0.3, 0.4) is 0 Å². The molecule has 0 aromatic heterocycles. The minimum atomic E-state index is -0.827.